The summed E-state index contributed by atoms with van der Waals surface area (Å²) >= 11 is 0. The van der Waals surface area contributed by atoms with E-state index in [-0.39, 0.29) is 6.03 Å². The van der Waals surface area contributed by atoms with E-state index in [1.54, 1.807) is 0 Å². The van der Waals surface area contributed by atoms with E-state index in [0.717, 1.165) is 42.4 Å². The molecule has 31 heavy (non-hydrogen) atoms. The standard InChI is InChI=1S/C25H25N5O/c1-17-3-4-21(15-18(17)2)19-5-7-20(8-6-19)24-27-22-9-11-29(16-23(22)28-24)13-14-30-12-10-26-25(30)31/h3-9,11,15-16H,10,12-14H2,1-2H3,(H,26,31). The highest BCUT2D eigenvalue weighted by Gasteiger charge is 2.19. The van der Waals surface area contributed by atoms with Gasteiger partial charge < -0.3 is 14.8 Å². The van der Waals surface area contributed by atoms with Crippen LogP contribution in [0.1, 0.15) is 11.1 Å². The van der Waals surface area contributed by atoms with Crippen molar-refractivity contribution in [3.05, 3.63) is 72.1 Å². The van der Waals surface area contributed by atoms with Crippen LogP contribution in [-0.4, -0.2) is 45.1 Å². The van der Waals surface area contributed by atoms with E-state index in [2.05, 4.69) is 66.2 Å². The molecule has 3 aliphatic rings. The molecule has 2 amide bonds. The second kappa shape index (κ2) is 7.87. The number of imidazole rings is 1. The van der Waals surface area contributed by atoms with Crippen LogP contribution in [0.3, 0.4) is 0 Å². The Hall–Kier alpha value is -3.67. The average molecular weight is 412 g/mol. The number of aryl methyl sites for hydroxylation is 2. The van der Waals surface area contributed by atoms with Crippen molar-refractivity contribution < 1.29 is 4.79 Å². The van der Waals surface area contributed by atoms with E-state index in [1.165, 1.54) is 22.3 Å². The maximum atomic E-state index is 11.7. The van der Waals surface area contributed by atoms with Crippen molar-refractivity contribution in [2.24, 2.45) is 0 Å². The van der Waals surface area contributed by atoms with Crippen LogP contribution in [0.2, 0.25) is 0 Å². The minimum Gasteiger partial charge on any atom is -0.350 e. The number of rotatable bonds is 5. The Bertz CT molecular complexity index is 1210. The van der Waals surface area contributed by atoms with E-state index in [9.17, 15) is 4.79 Å². The van der Waals surface area contributed by atoms with Crippen LogP contribution in [0.4, 0.5) is 4.79 Å². The lowest BCUT2D eigenvalue weighted by molar-refractivity contribution is 0.215. The lowest BCUT2D eigenvalue weighted by Gasteiger charge is -2.15. The molecule has 0 radical (unpaired) electrons. The first-order chi connectivity index (χ1) is 15.1. The maximum absolute atomic E-state index is 11.7. The fourth-order valence-corrected chi connectivity index (χ4v) is 3.91. The zero-order valence-corrected chi connectivity index (χ0v) is 17.8. The highest BCUT2D eigenvalue weighted by molar-refractivity contribution is 5.76. The number of carbonyl (C=O) groups excluding carboxylic acids is 1. The van der Waals surface area contributed by atoms with Crippen molar-refractivity contribution in [1.29, 1.82) is 0 Å². The van der Waals surface area contributed by atoms with Crippen molar-refractivity contribution in [2.75, 3.05) is 19.6 Å². The van der Waals surface area contributed by atoms with E-state index >= 15 is 0 Å². The minimum atomic E-state index is 0.0151. The normalized spacial score (nSPS) is 13.7. The third-order valence-electron chi connectivity index (χ3n) is 5.98. The average Bonchev–Trinajstić information content (AvgIpc) is 3.39. The number of benzene rings is 2. The molecule has 1 N–H and O–H groups in total. The lowest BCUT2D eigenvalue weighted by atomic mass is 9.99. The molecular formula is C25H25N5O. The van der Waals surface area contributed by atoms with Gasteiger partial charge in [0.05, 0.1) is 5.69 Å². The highest BCUT2D eigenvalue weighted by atomic mass is 16.2. The van der Waals surface area contributed by atoms with Gasteiger partial charge in [-0.15, -0.1) is 0 Å². The molecule has 5 rings (SSSR count). The molecule has 1 fully saturated rings. The molecule has 2 aromatic rings. The largest absolute Gasteiger partial charge is 0.350 e. The molecule has 0 atom stereocenters. The summed E-state index contributed by atoms with van der Waals surface area (Å²) in [7, 11) is 0. The van der Waals surface area contributed by atoms with Gasteiger partial charge in [0, 0.05) is 44.1 Å². The van der Waals surface area contributed by atoms with Gasteiger partial charge >= 0.3 is 6.03 Å². The number of nitrogens with one attached hydrogen (secondary N) is 1. The summed E-state index contributed by atoms with van der Waals surface area (Å²) in [6, 6.07) is 17.0. The van der Waals surface area contributed by atoms with Crippen LogP contribution >= 0.6 is 0 Å². The topological polar surface area (TPSA) is 63.1 Å². The van der Waals surface area contributed by atoms with Crippen LogP contribution in [0.15, 0.2) is 60.9 Å². The second-order valence-electron chi connectivity index (χ2n) is 8.10. The predicted molar refractivity (Wildman–Crippen MR) is 122 cm³/mol. The number of hydrogen-bond donors (Lipinski definition) is 1. The van der Waals surface area contributed by atoms with Crippen LogP contribution in [0.25, 0.3) is 33.9 Å². The second-order valence-corrected chi connectivity index (χ2v) is 8.10. The molecule has 6 nitrogen and oxygen atoms in total. The first-order valence-electron chi connectivity index (χ1n) is 10.6. The Balaban J connectivity index is 1.34. The molecular weight excluding hydrogens is 386 g/mol. The van der Waals surface area contributed by atoms with E-state index in [4.69, 9.17) is 9.97 Å². The van der Waals surface area contributed by atoms with Crippen molar-refractivity contribution in [2.45, 2.75) is 20.4 Å². The molecule has 0 aromatic heterocycles. The number of nitrogens with zero attached hydrogens (tertiary/aromatic N) is 4. The summed E-state index contributed by atoms with van der Waals surface area (Å²) in [5.41, 5.74) is 7.75. The molecule has 0 aliphatic carbocycles. The van der Waals surface area contributed by atoms with Gasteiger partial charge in [-0.1, -0.05) is 42.5 Å². The first kappa shape index (κ1) is 19.3. The zero-order valence-electron chi connectivity index (χ0n) is 17.8. The smallest absolute Gasteiger partial charge is 0.317 e. The van der Waals surface area contributed by atoms with Gasteiger partial charge in [-0.05, 0) is 42.2 Å². The summed E-state index contributed by atoms with van der Waals surface area (Å²) in [6.45, 7) is 7.18. The summed E-state index contributed by atoms with van der Waals surface area (Å²) in [6.07, 6.45) is 4.00. The number of pyridine rings is 1. The number of hydrogen-bond acceptors (Lipinski definition) is 3. The van der Waals surface area contributed by atoms with Crippen molar-refractivity contribution in [3.8, 4) is 33.9 Å². The van der Waals surface area contributed by atoms with E-state index < -0.39 is 0 Å². The Morgan fingerprint density at radius 1 is 0.871 bits per heavy atom. The lowest BCUT2D eigenvalue weighted by Crippen LogP contribution is -2.31. The Morgan fingerprint density at radius 2 is 1.61 bits per heavy atom. The van der Waals surface area contributed by atoms with Gasteiger partial charge in [0.15, 0.2) is 5.82 Å². The van der Waals surface area contributed by atoms with Gasteiger partial charge in [0.25, 0.3) is 0 Å². The van der Waals surface area contributed by atoms with Gasteiger partial charge in [0.2, 0.25) is 0 Å². The van der Waals surface area contributed by atoms with Crippen LogP contribution in [0, 0.1) is 13.8 Å². The predicted octanol–water partition coefficient (Wildman–Crippen LogP) is 4.36. The summed E-state index contributed by atoms with van der Waals surface area (Å²) in [4.78, 5) is 23.0. The molecule has 6 heteroatoms. The van der Waals surface area contributed by atoms with E-state index in [1.807, 2.05) is 23.4 Å². The van der Waals surface area contributed by atoms with Gasteiger partial charge in [0.1, 0.15) is 5.69 Å². The molecule has 0 bridgehead atoms. The van der Waals surface area contributed by atoms with Crippen molar-refractivity contribution in [3.63, 3.8) is 0 Å². The van der Waals surface area contributed by atoms with Crippen LogP contribution in [0.5, 0.6) is 0 Å². The summed E-state index contributed by atoms with van der Waals surface area (Å²) in [5.74, 6) is 0.735. The molecule has 0 unspecified atom stereocenters. The third-order valence-corrected chi connectivity index (χ3v) is 5.98. The Kier molecular flexibility index (Phi) is 4.90. The number of carbonyl (C=O) groups is 1. The van der Waals surface area contributed by atoms with Gasteiger partial charge in [-0.2, -0.15) is 0 Å². The number of amides is 2. The third kappa shape index (κ3) is 3.89. The Labute approximate surface area is 181 Å². The maximum Gasteiger partial charge on any atom is 0.317 e. The molecule has 3 aliphatic heterocycles. The number of urea groups is 1. The quantitative estimate of drug-likeness (QED) is 0.531. The fraction of sp³-hybridized carbons (Fsp3) is 0.240. The van der Waals surface area contributed by atoms with Crippen LogP contribution in [-0.2, 0) is 6.54 Å². The molecule has 3 heterocycles. The zero-order chi connectivity index (χ0) is 21.4. The fourth-order valence-electron chi connectivity index (χ4n) is 3.91. The number of fused-ring (bicyclic) bond motifs is 1. The van der Waals surface area contributed by atoms with Crippen molar-refractivity contribution in [1.82, 2.24) is 24.8 Å². The Morgan fingerprint density at radius 3 is 2.35 bits per heavy atom. The monoisotopic (exact) mass is 411 g/mol. The van der Waals surface area contributed by atoms with Gasteiger partial charge in [-0.25, -0.2) is 14.8 Å². The SMILES string of the molecule is Cc1ccc(-c2ccc(-c3nc4ccn(CCN5CCNC5=O)cc-4n3)cc2)cc1C. The molecule has 1 saturated heterocycles. The molecule has 2 aromatic carbocycles. The highest BCUT2D eigenvalue weighted by Crippen LogP contribution is 2.28. The first-order valence-corrected chi connectivity index (χ1v) is 10.6. The van der Waals surface area contributed by atoms with Crippen LogP contribution < -0.4 is 5.32 Å². The molecule has 0 saturated carbocycles. The summed E-state index contributed by atoms with van der Waals surface area (Å²) < 4.78 is 2.06. The van der Waals surface area contributed by atoms with E-state index in [0.29, 0.717) is 6.54 Å². The van der Waals surface area contributed by atoms with Crippen molar-refractivity contribution >= 4 is 6.03 Å². The molecule has 0 spiro atoms. The molecule has 156 valence electrons. The van der Waals surface area contributed by atoms with Gasteiger partial charge in [-0.3, -0.25) is 0 Å². The number of aromatic nitrogens is 3. The minimum absolute atomic E-state index is 0.0151. The summed E-state index contributed by atoms with van der Waals surface area (Å²) in [5, 5.41) is 2.83.